The molecule has 2 aliphatic heterocycles. The van der Waals surface area contributed by atoms with Crippen molar-refractivity contribution in [1.29, 1.82) is 0 Å². The fourth-order valence-electron chi connectivity index (χ4n) is 4.74. The summed E-state index contributed by atoms with van der Waals surface area (Å²) in [6.45, 7) is 13.1. The maximum Gasteiger partial charge on any atom is 0.311 e. The Morgan fingerprint density at radius 1 is 1.06 bits per heavy atom. The van der Waals surface area contributed by atoms with Crippen molar-refractivity contribution in [2.45, 2.75) is 51.6 Å². The summed E-state index contributed by atoms with van der Waals surface area (Å²) in [6.07, 6.45) is 2.43. The Kier molecular flexibility index (Phi) is 6.58. The number of ether oxygens (including phenoxy) is 1. The van der Waals surface area contributed by atoms with Gasteiger partial charge < -0.3 is 14.5 Å². The zero-order chi connectivity index (χ0) is 22.8. The molecule has 6 heteroatoms. The van der Waals surface area contributed by atoms with E-state index in [9.17, 15) is 14.4 Å². The molecule has 6 nitrogen and oxygen atoms in total. The molecule has 0 bridgehead atoms. The third-order valence-electron chi connectivity index (χ3n) is 6.45. The van der Waals surface area contributed by atoms with Gasteiger partial charge >= 0.3 is 5.97 Å². The predicted octanol–water partition coefficient (Wildman–Crippen LogP) is 3.17. The number of nitrogens with zero attached hydrogens (tertiary/aromatic N) is 2. The number of hydrogen-bond acceptors (Lipinski definition) is 4. The molecule has 2 atom stereocenters. The third kappa shape index (κ3) is 4.83. The Bertz CT molecular complexity index is 835. The number of hydrogen-bond donors (Lipinski definition) is 0. The minimum atomic E-state index is -0.693. The van der Waals surface area contributed by atoms with Crippen molar-refractivity contribution in [3.8, 4) is 0 Å². The lowest BCUT2D eigenvalue weighted by atomic mass is 9.71. The predicted molar refractivity (Wildman–Crippen MR) is 119 cm³/mol. The SMILES string of the molecule is C=CC(=O)N1CCC(C(=O)N2C[C@@H](C)[C@H](C(=O)OC(C)(C)C)C2)(c2ccccc2)CC1. The molecule has 0 aromatic heterocycles. The van der Waals surface area contributed by atoms with Gasteiger partial charge in [0.15, 0.2) is 0 Å². The molecule has 0 saturated carbocycles. The van der Waals surface area contributed by atoms with Gasteiger partial charge in [0.1, 0.15) is 5.60 Å². The molecule has 2 aliphatic rings. The maximum absolute atomic E-state index is 13.9. The number of amides is 2. The summed E-state index contributed by atoms with van der Waals surface area (Å²) < 4.78 is 5.60. The Hall–Kier alpha value is -2.63. The Labute approximate surface area is 185 Å². The molecule has 168 valence electrons. The number of likely N-dealkylation sites (tertiary alicyclic amines) is 2. The fourth-order valence-corrected chi connectivity index (χ4v) is 4.74. The van der Waals surface area contributed by atoms with Gasteiger partial charge in [-0.05, 0) is 51.2 Å². The van der Waals surface area contributed by atoms with Gasteiger partial charge in [0.25, 0.3) is 0 Å². The molecule has 0 unspecified atom stereocenters. The fraction of sp³-hybridized carbons (Fsp3) is 0.560. The first-order chi connectivity index (χ1) is 14.6. The lowest BCUT2D eigenvalue weighted by Crippen LogP contribution is -2.53. The summed E-state index contributed by atoms with van der Waals surface area (Å²) in [7, 11) is 0. The van der Waals surface area contributed by atoms with E-state index in [-0.39, 0.29) is 29.6 Å². The van der Waals surface area contributed by atoms with Crippen molar-refractivity contribution in [2.75, 3.05) is 26.2 Å². The molecule has 2 heterocycles. The molecular formula is C25H34N2O4. The highest BCUT2D eigenvalue weighted by molar-refractivity contribution is 5.91. The molecule has 2 saturated heterocycles. The summed E-state index contributed by atoms with van der Waals surface area (Å²) in [4.78, 5) is 42.3. The average Bonchev–Trinajstić information content (AvgIpc) is 3.14. The van der Waals surface area contributed by atoms with Crippen LogP contribution in [0.4, 0.5) is 0 Å². The van der Waals surface area contributed by atoms with Gasteiger partial charge in [-0.2, -0.15) is 0 Å². The molecule has 2 fully saturated rings. The van der Waals surface area contributed by atoms with Crippen molar-refractivity contribution in [3.63, 3.8) is 0 Å². The van der Waals surface area contributed by atoms with Gasteiger partial charge in [-0.15, -0.1) is 0 Å². The summed E-state index contributed by atoms with van der Waals surface area (Å²) in [5, 5.41) is 0. The maximum atomic E-state index is 13.9. The molecule has 0 N–H and O–H groups in total. The van der Waals surface area contributed by atoms with Gasteiger partial charge in [0, 0.05) is 26.2 Å². The second-order valence-corrected chi connectivity index (χ2v) is 9.80. The quantitative estimate of drug-likeness (QED) is 0.548. The van der Waals surface area contributed by atoms with Crippen molar-refractivity contribution >= 4 is 17.8 Å². The van der Waals surface area contributed by atoms with Crippen LogP contribution in [0.2, 0.25) is 0 Å². The van der Waals surface area contributed by atoms with E-state index in [1.54, 1.807) is 4.90 Å². The van der Waals surface area contributed by atoms with Crippen LogP contribution in [0.1, 0.15) is 46.1 Å². The summed E-state index contributed by atoms with van der Waals surface area (Å²) in [6, 6.07) is 9.82. The van der Waals surface area contributed by atoms with E-state index >= 15 is 0 Å². The van der Waals surface area contributed by atoms with E-state index < -0.39 is 11.0 Å². The smallest absolute Gasteiger partial charge is 0.311 e. The first-order valence-corrected chi connectivity index (χ1v) is 11.1. The standard InChI is InChI=1S/C25H34N2O4/c1-6-21(28)26-14-12-25(13-15-26,19-10-8-7-9-11-19)23(30)27-16-18(2)20(17-27)22(29)31-24(3,4)5/h6-11,18,20H,1,12-17H2,2-5H3/t18-,20-/m1/s1. The van der Waals surface area contributed by atoms with Crippen molar-refractivity contribution in [2.24, 2.45) is 11.8 Å². The van der Waals surface area contributed by atoms with Crippen molar-refractivity contribution in [1.82, 2.24) is 9.80 Å². The number of benzene rings is 1. The zero-order valence-electron chi connectivity index (χ0n) is 19.1. The zero-order valence-corrected chi connectivity index (χ0v) is 19.1. The van der Waals surface area contributed by atoms with E-state index in [0.29, 0.717) is 39.0 Å². The molecular weight excluding hydrogens is 392 g/mol. The van der Waals surface area contributed by atoms with Gasteiger partial charge in [0.2, 0.25) is 11.8 Å². The Balaban J connectivity index is 1.83. The topological polar surface area (TPSA) is 66.9 Å². The number of carbonyl (C=O) groups is 3. The van der Waals surface area contributed by atoms with Crippen molar-refractivity contribution in [3.05, 3.63) is 48.6 Å². The van der Waals surface area contributed by atoms with Crippen LogP contribution >= 0.6 is 0 Å². The number of carbonyl (C=O) groups excluding carboxylic acids is 3. The number of rotatable bonds is 4. The molecule has 1 aromatic rings. The Morgan fingerprint density at radius 2 is 1.68 bits per heavy atom. The van der Waals surface area contributed by atoms with Crippen LogP contribution in [0.5, 0.6) is 0 Å². The van der Waals surface area contributed by atoms with Gasteiger partial charge in [-0.1, -0.05) is 43.8 Å². The highest BCUT2D eigenvalue weighted by Gasteiger charge is 2.49. The average molecular weight is 427 g/mol. The van der Waals surface area contributed by atoms with E-state index in [0.717, 1.165) is 5.56 Å². The van der Waals surface area contributed by atoms with Gasteiger partial charge in [-0.25, -0.2) is 0 Å². The first kappa shape index (κ1) is 23.0. The minimum Gasteiger partial charge on any atom is -0.460 e. The lowest BCUT2D eigenvalue weighted by molar-refractivity contribution is -0.160. The summed E-state index contributed by atoms with van der Waals surface area (Å²) in [5.74, 6) is -0.584. The monoisotopic (exact) mass is 426 g/mol. The van der Waals surface area contributed by atoms with E-state index in [1.807, 2.05) is 62.9 Å². The molecule has 0 radical (unpaired) electrons. The van der Waals surface area contributed by atoms with E-state index in [4.69, 9.17) is 4.74 Å². The van der Waals surface area contributed by atoms with Crippen LogP contribution in [-0.4, -0.2) is 59.4 Å². The van der Waals surface area contributed by atoms with Crippen LogP contribution in [0.25, 0.3) is 0 Å². The second-order valence-electron chi connectivity index (χ2n) is 9.80. The van der Waals surface area contributed by atoms with Gasteiger partial charge in [0.05, 0.1) is 11.3 Å². The summed E-state index contributed by atoms with van der Waals surface area (Å²) >= 11 is 0. The molecule has 3 rings (SSSR count). The number of piperidine rings is 1. The second kappa shape index (κ2) is 8.85. The minimum absolute atomic E-state index is 0.0362. The molecule has 31 heavy (non-hydrogen) atoms. The molecule has 2 amide bonds. The largest absolute Gasteiger partial charge is 0.460 e. The van der Waals surface area contributed by atoms with Crippen LogP contribution in [0.15, 0.2) is 43.0 Å². The lowest BCUT2D eigenvalue weighted by Gasteiger charge is -2.42. The third-order valence-corrected chi connectivity index (χ3v) is 6.45. The molecule has 1 aromatic carbocycles. The van der Waals surface area contributed by atoms with E-state index in [1.165, 1.54) is 6.08 Å². The number of esters is 1. The molecule has 0 spiro atoms. The van der Waals surface area contributed by atoms with Crippen LogP contribution in [0, 0.1) is 11.8 Å². The normalized spacial score (nSPS) is 23.4. The van der Waals surface area contributed by atoms with Crippen molar-refractivity contribution < 1.29 is 19.1 Å². The summed E-state index contributed by atoms with van der Waals surface area (Å²) in [5.41, 5.74) is -0.273. The highest BCUT2D eigenvalue weighted by Crippen LogP contribution is 2.39. The van der Waals surface area contributed by atoms with Crippen LogP contribution < -0.4 is 0 Å². The highest BCUT2D eigenvalue weighted by atomic mass is 16.6. The van der Waals surface area contributed by atoms with E-state index in [2.05, 4.69) is 6.58 Å². The Morgan fingerprint density at radius 3 is 2.23 bits per heavy atom. The van der Waals surface area contributed by atoms with Crippen LogP contribution in [0.3, 0.4) is 0 Å². The van der Waals surface area contributed by atoms with Crippen LogP contribution in [-0.2, 0) is 24.5 Å². The first-order valence-electron chi connectivity index (χ1n) is 11.1. The van der Waals surface area contributed by atoms with Gasteiger partial charge in [-0.3, -0.25) is 14.4 Å². The molecule has 0 aliphatic carbocycles.